The van der Waals surface area contributed by atoms with Crippen molar-refractivity contribution in [3.05, 3.63) is 34.9 Å². The molecular weight excluding hydrogens is 266 g/mol. The number of amides is 1. The molecule has 0 aliphatic carbocycles. The van der Waals surface area contributed by atoms with Crippen molar-refractivity contribution in [1.29, 1.82) is 0 Å². The molecule has 1 amide bonds. The number of carboxylic acids is 1. The van der Waals surface area contributed by atoms with E-state index in [1.54, 1.807) is 26.0 Å². The summed E-state index contributed by atoms with van der Waals surface area (Å²) in [5, 5.41) is 12.2. The second-order valence-corrected chi connectivity index (χ2v) is 5.19. The molecule has 1 aromatic rings. The lowest BCUT2D eigenvalue weighted by Crippen LogP contribution is -2.44. The summed E-state index contributed by atoms with van der Waals surface area (Å²) >= 11 is 5.77. The van der Waals surface area contributed by atoms with Crippen molar-refractivity contribution in [3.8, 4) is 0 Å². The molecule has 0 saturated carbocycles. The Balaban J connectivity index is 2.47. The number of halogens is 1. The maximum atomic E-state index is 11.7. The summed E-state index contributed by atoms with van der Waals surface area (Å²) in [4.78, 5) is 22.7. The topological polar surface area (TPSA) is 66.4 Å². The van der Waals surface area contributed by atoms with Gasteiger partial charge >= 0.3 is 5.97 Å². The van der Waals surface area contributed by atoms with Crippen LogP contribution in [-0.2, 0) is 16.0 Å². The molecule has 0 fully saturated rings. The summed E-state index contributed by atoms with van der Waals surface area (Å²) in [5.74, 6) is -1.40. The number of rotatable bonds is 6. The Kier molecular flexibility index (Phi) is 5.83. The zero-order chi connectivity index (χ0) is 14.4. The van der Waals surface area contributed by atoms with Gasteiger partial charge in [-0.1, -0.05) is 37.6 Å². The molecule has 0 aliphatic heterocycles. The molecular formula is C14H18ClNO3. The van der Waals surface area contributed by atoms with E-state index in [1.807, 2.05) is 12.1 Å². The van der Waals surface area contributed by atoms with Gasteiger partial charge in [-0.15, -0.1) is 0 Å². The highest BCUT2D eigenvalue weighted by Gasteiger charge is 2.22. The molecule has 5 heteroatoms. The van der Waals surface area contributed by atoms with Gasteiger partial charge in [-0.2, -0.15) is 0 Å². The Bertz CT molecular complexity index is 443. The lowest BCUT2D eigenvalue weighted by atomic mass is 10.0. The monoisotopic (exact) mass is 283 g/mol. The molecule has 104 valence electrons. The molecule has 0 heterocycles. The largest absolute Gasteiger partial charge is 0.480 e. The van der Waals surface area contributed by atoms with Crippen molar-refractivity contribution < 1.29 is 14.7 Å². The van der Waals surface area contributed by atoms with E-state index in [0.29, 0.717) is 11.4 Å². The number of nitrogens with one attached hydrogen (secondary N) is 1. The zero-order valence-corrected chi connectivity index (χ0v) is 11.8. The van der Waals surface area contributed by atoms with E-state index in [9.17, 15) is 9.59 Å². The Hall–Kier alpha value is -1.55. The van der Waals surface area contributed by atoms with Gasteiger partial charge in [-0.3, -0.25) is 4.79 Å². The molecule has 19 heavy (non-hydrogen) atoms. The minimum absolute atomic E-state index is 0.142. The van der Waals surface area contributed by atoms with Gasteiger partial charge < -0.3 is 10.4 Å². The van der Waals surface area contributed by atoms with E-state index < -0.39 is 12.0 Å². The number of carbonyl (C=O) groups excluding carboxylic acids is 1. The van der Waals surface area contributed by atoms with Crippen LogP contribution in [0.15, 0.2) is 24.3 Å². The van der Waals surface area contributed by atoms with E-state index in [1.165, 1.54) is 0 Å². The molecule has 0 saturated heterocycles. The summed E-state index contributed by atoms with van der Waals surface area (Å²) in [6.07, 6.45) is 0.825. The standard InChI is InChI=1S/C14H18ClNO3/c1-9(2)13(14(18)19)16-12(17)8-5-10-3-6-11(15)7-4-10/h3-4,6-7,9,13H,5,8H2,1-2H3,(H,16,17)(H,18,19). The summed E-state index contributed by atoms with van der Waals surface area (Å²) < 4.78 is 0. The predicted molar refractivity (Wildman–Crippen MR) is 74.2 cm³/mol. The van der Waals surface area contributed by atoms with Gasteiger partial charge in [0, 0.05) is 11.4 Å². The van der Waals surface area contributed by atoms with Crippen molar-refractivity contribution in [3.63, 3.8) is 0 Å². The van der Waals surface area contributed by atoms with Gasteiger partial charge in [-0.05, 0) is 30.0 Å². The highest BCUT2D eigenvalue weighted by molar-refractivity contribution is 6.30. The first-order chi connectivity index (χ1) is 8.90. The van der Waals surface area contributed by atoms with Gasteiger partial charge in [-0.25, -0.2) is 4.79 Å². The number of benzene rings is 1. The number of hydrogen-bond donors (Lipinski definition) is 2. The minimum atomic E-state index is -1.00. The quantitative estimate of drug-likeness (QED) is 0.843. The van der Waals surface area contributed by atoms with E-state index in [-0.39, 0.29) is 18.2 Å². The van der Waals surface area contributed by atoms with Gasteiger partial charge in [0.2, 0.25) is 5.91 Å². The van der Waals surface area contributed by atoms with Gasteiger partial charge in [0.25, 0.3) is 0 Å². The number of aryl methyl sites for hydroxylation is 1. The first-order valence-corrected chi connectivity index (χ1v) is 6.54. The SMILES string of the molecule is CC(C)C(NC(=O)CCc1ccc(Cl)cc1)C(=O)O. The molecule has 0 aliphatic rings. The van der Waals surface area contributed by atoms with E-state index >= 15 is 0 Å². The third-order valence-electron chi connectivity index (χ3n) is 2.80. The van der Waals surface area contributed by atoms with Crippen LogP contribution >= 0.6 is 11.6 Å². The van der Waals surface area contributed by atoms with Crippen molar-refractivity contribution in [1.82, 2.24) is 5.32 Å². The fraction of sp³-hybridized carbons (Fsp3) is 0.429. The molecule has 0 bridgehead atoms. The molecule has 1 unspecified atom stereocenters. The Labute approximate surface area is 117 Å². The fourth-order valence-corrected chi connectivity index (χ4v) is 1.79. The van der Waals surface area contributed by atoms with Crippen LogP contribution in [0, 0.1) is 5.92 Å². The second-order valence-electron chi connectivity index (χ2n) is 4.75. The molecule has 1 aromatic carbocycles. The third-order valence-corrected chi connectivity index (χ3v) is 3.06. The van der Waals surface area contributed by atoms with Gasteiger partial charge in [0.15, 0.2) is 0 Å². The maximum Gasteiger partial charge on any atom is 0.326 e. The first kappa shape index (κ1) is 15.5. The maximum absolute atomic E-state index is 11.7. The molecule has 0 spiro atoms. The molecule has 2 N–H and O–H groups in total. The Morgan fingerprint density at radius 1 is 1.26 bits per heavy atom. The van der Waals surface area contributed by atoms with Crippen molar-refractivity contribution in [2.45, 2.75) is 32.7 Å². The summed E-state index contributed by atoms with van der Waals surface area (Å²) in [7, 11) is 0. The van der Waals surface area contributed by atoms with Crippen molar-refractivity contribution in [2.24, 2.45) is 5.92 Å². The van der Waals surface area contributed by atoms with Crippen LogP contribution in [0.5, 0.6) is 0 Å². The van der Waals surface area contributed by atoms with Crippen LogP contribution < -0.4 is 5.32 Å². The smallest absolute Gasteiger partial charge is 0.326 e. The van der Waals surface area contributed by atoms with Crippen LogP contribution in [0.4, 0.5) is 0 Å². The molecule has 1 atom stereocenters. The van der Waals surface area contributed by atoms with Crippen LogP contribution in [0.3, 0.4) is 0 Å². The highest BCUT2D eigenvalue weighted by Crippen LogP contribution is 2.11. The van der Waals surface area contributed by atoms with E-state index in [0.717, 1.165) is 5.56 Å². The van der Waals surface area contributed by atoms with Crippen LogP contribution in [-0.4, -0.2) is 23.0 Å². The lowest BCUT2D eigenvalue weighted by Gasteiger charge is -2.17. The average Bonchev–Trinajstić information content (AvgIpc) is 2.34. The van der Waals surface area contributed by atoms with Gasteiger partial charge in [0.1, 0.15) is 6.04 Å². The van der Waals surface area contributed by atoms with E-state index in [2.05, 4.69) is 5.32 Å². The average molecular weight is 284 g/mol. The van der Waals surface area contributed by atoms with Crippen LogP contribution in [0.1, 0.15) is 25.8 Å². The number of hydrogen-bond acceptors (Lipinski definition) is 2. The molecule has 0 aromatic heterocycles. The summed E-state index contributed by atoms with van der Waals surface area (Å²) in [6.45, 7) is 3.52. The first-order valence-electron chi connectivity index (χ1n) is 6.16. The highest BCUT2D eigenvalue weighted by atomic mass is 35.5. The number of aliphatic carboxylic acids is 1. The van der Waals surface area contributed by atoms with Gasteiger partial charge in [0.05, 0.1) is 0 Å². The van der Waals surface area contributed by atoms with Crippen molar-refractivity contribution in [2.75, 3.05) is 0 Å². The second kappa shape index (κ2) is 7.14. The molecule has 1 rings (SSSR count). The molecule has 4 nitrogen and oxygen atoms in total. The van der Waals surface area contributed by atoms with Crippen molar-refractivity contribution >= 4 is 23.5 Å². The van der Waals surface area contributed by atoms with E-state index in [4.69, 9.17) is 16.7 Å². The number of carbonyl (C=O) groups is 2. The minimum Gasteiger partial charge on any atom is -0.480 e. The summed E-state index contributed by atoms with van der Waals surface area (Å²) in [5.41, 5.74) is 0.996. The van der Waals surface area contributed by atoms with Crippen LogP contribution in [0.25, 0.3) is 0 Å². The Morgan fingerprint density at radius 3 is 2.32 bits per heavy atom. The zero-order valence-electron chi connectivity index (χ0n) is 11.0. The van der Waals surface area contributed by atoms with Crippen LogP contribution in [0.2, 0.25) is 5.02 Å². The normalized spacial score (nSPS) is 12.2. The third kappa shape index (κ3) is 5.30. The predicted octanol–water partition coefficient (Wildman–Crippen LogP) is 2.50. The fourth-order valence-electron chi connectivity index (χ4n) is 1.67. The Morgan fingerprint density at radius 2 is 1.84 bits per heavy atom. The summed E-state index contributed by atoms with van der Waals surface area (Å²) in [6, 6.07) is 6.41. The molecule has 0 radical (unpaired) electrons. The number of carboxylic acid groups (broad SMARTS) is 1. The lowest BCUT2D eigenvalue weighted by molar-refractivity contribution is -0.143.